The molecule has 0 unspecified atom stereocenters. The molecule has 0 aliphatic heterocycles. The Morgan fingerprint density at radius 2 is 2.04 bits per heavy atom. The van der Waals surface area contributed by atoms with E-state index < -0.39 is 0 Å². The number of ether oxygens (including phenoxy) is 1. The molecular weight excluding hydrogens is 354 g/mol. The van der Waals surface area contributed by atoms with Gasteiger partial charge in [0.15, 0.2) is 0 Å². The maximum Gasteiger partial charge on any atom is 0.319 e. The van der Waals surface area contributed by atoms with Crippen molar-refractivity contribution < 1.29 is 9.53 Å². The first-order valence-corrected chi connectivity index (χ1v) is 8.47. The van der Waals surface area contributed by atoms with E-state index in [0.29, 0.717) is 28.9 Å². The zero-order chi connectivity index (χ0) is 18.2. The first-order chi connectivity index (χ1) is 12.7. The number of benzene rings is 1. The lowest BCUT2D eigenvalue weighted by Gasteiger charge is -2.09. The predicted octanol–water partition coefficient (Wildman–Crippen LogP) is 3.94. The van der Waals surface area contributed by atoms with E-state index in [1.54, 1.807) is 48.9 Å². The lowest BCUT2D eigenvalue weighted by Crippen LogP contribution is -2.30. The van der Waals surface area contributed by atoms with E-state index in [9.17, 15) is 4.79 Å². The van der Waals surface area contributed by atoms with E-state index >= 15 is 0 Å². The molecule has 0 aliphatic carbocycles. The van der Waals surface area contributed by atoms with E-state index in [1.807, 2.05) is 10.8 Å². The first-order valence-electron chi connectivity index (χ1n) is 8.09. The normalized spacial score (nSPS) is 10.3. The lowest BCUT2D eigenvalue weighted by molar-refractivity contribution is 0.252. The standard InChI is InChI=1S/C18H18ClN5O2/c19-14-2-5-16(6-3-14)26-17-7-4-15(12-22-17)23-18(25)21-8-1-10-24-11-9-20-13-24/h2-7,9,11-13H,1,8,10H2,(H2,21,23,25). The van der Waals surface area contributed by atoms with Crippen molar-refractivity contribution >= 4 is 23.3 Å². The van der Waals surface area contributed by atoms with Gasteiger partial charge in [-0.2, -0.15) is 0 Å². The summed E-state index contributed by atoms with van der Waals surface area (Å²) in [4.78, 5) is 20.0. The van der Waals surface area contributed by atoms with Gasteiger partial charge in [0.1, 0.15) is 5.75 Å². The molecule has 0 spiro atoms. The Morgan fingerprint density at radius 3 is 2.73 bits per heavy atom. The minimum Gasteiger partial charge on any atom is -0.439 e. The summed E-state index contributed by atoms with van der Waals surface area (Å²) in [6.45, 7) is 1.37. The van der Waals surface area contributed by atoms with Gasteiger partial charge in [-0.1, -0.05) is 11.6 Å². The van der Waals surface area contributed by atoms with Crippen molar-refractivity contribution in [3.8, 4) is 11.6 Å². The van der Waals surface area contributed by atoms with Gasteiger partial charge in [-0.05, 0) is 36.8 Å². The molecule has 26 heavy (non-hydrogen) atoms. The molecule has 2 aromatic heterocycles. The molecule has 0 fully saturated rings. The number of halogens is 1. The van der Waals surface area contributed by atoms with Crippen LogP contribution in [-0.2, 0) is 6.54 Å². The van der Waals surface area contributed by atoms with Gasteiger partial charge >= 0.3 is 6.03 Å². The van der Waals surface area contributed by atoms with Crippen molar-refractivity contribution in [2.75, 3.05) is 11.9 Å². The molecule has 0 aliphatic rings. The maximum absolute atomic E-state index is 11.9. The molecule has 0 radical (unpaired) electrons. The number of nitrogens with one attached hydrogen (secondary N) is 2. The van der Waals surface area contributed by atoms with Gasteiger partial charge < -0.3 is 19.9 Å². The minimum atomic E-state index is -0.274. The number of hydrogen-bond acceptors (Lipinski definition) is 4. The molecule has 0 saturated carbocycles. The molecule has 0 atom stereocenters. The Balaban J connectivity index is 1.41. The molecule has 8 heteroatoms. The van der Waals surface area contributed by atoms with E-state index in [2.05, 4.69) is 20.6 Å². The highest BCUT2D eigenvalue weighted by Gasteiger charge is 2.03. The lowest BCUT2D eigenvalue weighted by atomic mass is 10.3. The van der Waals surface area contributed by atoms with Gasteiger partial charge in [-0.15, -0.1) is 0 Å². The van der Waals surface area contributed by atoms with Gasteiger partial charge in [-0.3, -0.25) is 0 Å². The summed E-state index contributed by atoms with van der Waals surface area (Å²) in [5, 5.41) is 6.17. The number of urea groups is 1. The van der Waals surface area contributed by atoms with Crippen LogP contribution < -0.4 is 15.4 Å². The maximum atomic E-state index is 11.9. The number of pyridine rings is 1. The van der Waals surface area contributed by atoms with Gasteiger partial charge in [0, 0.05) is 36.6 Å². The summed E-state index contributed by atoms with van der Waals surface area (Å²) in [7, 11) is 0. The van der Waals surface area contributed by atoms with Crippen LogP contribution in [-0.4, -0.2) is 27.1 Å². The van der Waals surface area contributed by atoms with Crippen LogP contribution in [0.2, 0.25) is 5.02 Å². The van der Waals surface area contributed by atoms with Crippen LogP contribution in [0, 0.1) is 0 Å². The number of aryl methyl sites for hydroxylation is 1. The molecule has 7 nitrogen and oxygen atoms in total. The summed E-state index contributed by atoms with van der Waals surface area (Å²) in [6.07, 6.45) is 7.72. The number of rotatable bonds is 7. The molecular formula is C18H18ClN5O2. The topological polar surface area (TPSA) is 81.1 Å². The molecule has 2 heterocycles. The second-order valence-electron chi connectivity index (χ2n) is 5.48. The minimum absolute atomic E-state index is 0.274. The zero-order valence-corrected chi connectivity index (χ0v) is 14.7. The molecule has 3 rings (SSSR count). The number of nitrogens with zero attached hydrogens (tertiary/aromatic N) is 3. The van der Waals surface area contributed by atoms with E-state index in [4.69, 9.17) is 16.3 Å². The zero-order valence-electron chi connectivity index (χ0n) is 13.9. The quantitative estimate of drug-likeness (QED) is 0.616. The highest BCUT2D eigenvalue weighted by Crippen LogP contribution is 2.22. The van der Waals surface area contributed by atoms with E-state index in [0.717, 1.165) is 13.0 Å². The van der Waals surface area contributed by atoms with E-state index in [-0.39, 0.29) is 6.03 Å². The smallest absolute Gasteiger partial charge is 0.319 e. The van der Waals surface area contributed by atoms with Crippen LogP contribution in [0.15, 0.2) is 61.3 Å². The molecule has 2 amide bonds. The van der Waals surface area contributed by atoms with Crippen molar-refractivity contribution in [3.05, 3.63) is 66.3 Å². The molecule has 0 bridgehead atoms. The third kappa shape index (κ3) is 5.49. The largest absolute Gasteiger partial charge is 0.439 e. The van der Waals surface area contributed by atoms with Crippen molar-refractivity contribution in [2.45, 2.75) is 13.0 Å². The second-order valence-corrected chi connectivity index (χ2v) is 5.91. The van der Waals surface area contributed by atoms with Crippen LogP contribution in [0.5, 0.6) is 11.6 Å². The summed E-state index contributed by atoms with van der Waals surface area (Å²) in [5.74, 6) is 1.07. The average molecular weight is 372 g/mol. The summed E-state index contributed by atoms with van der Waals surface area (Å²) in [6, 6.07) is 10.1. The fourth-order valence-corrected chi connectivity index (χ4v) is 2.32. The Kier molecular flexibility index (Phi) is 6.05. The highest BCUT2D eigenvalue weighted by molar-refractivity contribution is 6.30. The number of anilines is 1. The number of imidazole rings is 1. The highest BCUT2D eigenvalue weighted by atomic mass is 35.5. The molecule has 1 aromatic carbocycles. The fraction of sp³-hybridized carbons (Fsp3) is 0.167. The number of carbonyl (C=O) groups is 1. The van der Waals surface area contributed by atoms with Crippen molar-refractivity contribution in [1.82, 2.24) is 19.9 Å². The Bertz CT molecular complexity index is 820. The molecule has 3 aromatic rings. The Labute approximate surface area is 156 Å². The number of hydrogen-bond donors (Lipinski definition) is 2. The third-order valence-corrected chi connectivity index (χ3v) is 3.72. The van der Waals surface area contributed by atoms with Crippen LogP contribution in [0.4, 0.5) is 10.5 Å². The first kappa shape index (κ1) is 17.8. The van der Waals surface area contributed by atoms with Gasteiger partial charge in [0.05, 0.1) is 18.2 Å². The van der Waals surface area contributed by atoms with Gasteiger partial charge in [0.2, 0.25) is 5.88 Å². The molecule has 2 N–H and O–H groups in total. The monoisotopic (exact) mass is 371 g/mol. The second kappa shape index (κ2) is 8.87. The summed E-state index contributed by atoms with van der Waals surface area (Å²) >= 11 is 5.83. The van der Waals surface area contributed by atoms with Gasteiger partial charge in [-0.25, -0.2) is 14.8 Å². The van der Waals surface area contributed by atoms with Crippen LogP contribution in [0.25, 0.3) is 0 Å². The third-order valence-electron chi connectivity index (χ3n) is 3.47. The Morgan fingerprint density at radius 1 is 1.19 bits per heavy atom. The predicted molar refractivity (Wildman–Crippen MR) is 99.6 cm³/mol. The van der Waals surface area contributed by atoms with Crippen LogP contribution in [0.3, 0.4) is 0 Å². The van der Waals surface area contributed by atoms with Gasteiger partial charge in [0.25, 0.3) is 0 Å². The molecule has 134 valence electrons. The summed E-state index contributed by atoms with van der Waals surface area (Å²) in [5.41, 5.74) is 0.584. The van der Waals surface area contributed by atoms with Crippen LogP contribution >= 0.6 is 11.6 Å². The van der Waals surface area contributed by atoms with Crippen molar-refractivity contribution in [3.63, 3.8) is 0 Å². The molecule has 0 saturated heterocycles. The van der Waals surface area contributed by atoms with E-state index in [1.165, 1.54) is 6.20 Å². The van der Waals surface area contributed by atoms with Crippen molar-refractivity contribution in [2.24, 2.45) is 0 Å². The van der Waals surface area contributed by atoms with Crippen LogP contribution in [0.1, 0.15) is 6.42 Å². The van der Waals surface area contributed by atoms with Crippen molar-refractivity contribution in [1.29, 1.82) is 0 Å². The number of carbonyl (C=O) groups excluding carboxylic acids is 1. The SMILES string of the molecule is O=C(NCCCn1ccnc1)Nc1ccc(Oc2ccc(Cl)cc2)nc1. The number of amides is 2. The Hall–Kier alpha value is -3.06. The summed E-state index contributed by atoms with van der Waals surface area (Å²) < 4.78 is 7.56. The fourth-order valence-electron chi connectivity index (χ4n) is 2.20. The number of aromatic nitrogens is 3. The average Bonchev–Trinajstić information content (AvgIpc) is 3.16.